The van der Waals surface area contributed by atoms with Crippen molar-refractivity contribution in [3.05, 3.63) is 58.1 Å². The SMILES string of the molecule is Cc1c(S(=O)(=O)N(Cl)c2ccc3c(c2)CCN(C)C3)sc2ccc(Cl)cc12.O. The van der Waals surface area contributed by atoms with Gasteiger partial charge in [0.1, 0.15) is 4.21 Å². The Morgan fingerprint density at radius 2 is 1.89 bits per heavy atom. The van der Waals surface area contributed by atoms with Crippen molar-refractivity contribution in [2.45, 2.75) is 24.1 Å². The Kier molecular flexibility index (Phi) is 5.96. The summed E-state index contributed by atoms with van der Waals surface area (Å²) in [4.78, 5) is 2.24. The van der Waals surface area contributed by atoms with Gasteiger partial charge in [0.15, 0.2) is 0 Å². The normalized spacial score (nSPS) is 14.6. The predicted octanol–water partition coefficient (Wildman–Crippen LogP) is 4.38. The number of nitrogens with zero attached hydrogens (tertiary/aromatic N) is 2. The zero-order chi connectivity index (χ0) is 19.3. The number of hydrogen-bond donors (Lipinski definition) is 0. The molecule has 0 saturated carbocycles. The van der Waals surface area contributed by atoms with Crippen molar-refractivity contribution in [1.29, 1.82) is 0 Å². The fourth-order valence-electron chi connectivity index (χ4n) is 3.42. The predicted molar refractivity (Wildman–Crippen MR) is 117 cm³/mol. The fourth-order valence-corrected chi connectivity index (χ4v) is 6.89. The molecular formula is C19H20Cl2N2O3S2. The minimum Gasteiger partial charge on any atom is -0.412 e. The van der Waals surface area contributed by atoms with Crippen molar-refractivity contribution in [1.82, 2.24) is 4.90 Å². The number of thiophene rings is 1. The lowest BCUT2D eigenvalue weighted by molar-refractivity contribution is 0.313. The number of hydrogen-bond acceptors (Lipinski definition) is 4. The highest BCUT2D eigenvalue weighted by Crippen LogP contribution is 2.39. The Morgan fingerprint density at radius 1 is 1.14 bits per heavy atom. The van der Waals surface area contributed by atoms with Gasteiger partial charge in [0, 0.05) is 34.6 Å². The second kappa shape index (κ2) is 7.82. The summed E-state index contributed by atoms with van der Waals surface area (Å²) in [7, 11) is -1.80. The van der Waals surface area contributed by atoms with E-state index in [1.807, 2.05) is 18.2 Å². The van der Waals surface area contributed by atoms with E-state index in [0.717, 1.165) is 39.0 Å². The van der Waals surface area contributed by atoms with Gasteiger partial charge in [-0.3, -0.25) is 0 Å². The summed E-state index contributed by atoms with van der Waals surface area (Å²) in [5, 5.41) is 1.42. The van der Waals surface area contributed by atoms with Gasteiger partial charge >= 0.3 is 0 Å². The molecule has 0 unspecified atom stereocenters. The number of fused-ring (bicyclic) bond motifs is 2. The molecule has 1 aliphatic rings. The molecule has 0 spiro atoms. The summed E-state index contributed by atoms with van der Waals surface area (Å²) >= 11 is 13.6. The van der Waals surface area contributed by atoms with Crippen LogP contribution in [0, 0.1) is 6.92 Å². The molecule has 0 bridgehead atoms. The molecule has 2 N–H and O–H groups in total. The van der Waals surface area contributed by atoms with Gasteiger partial charge in [-0.25, -0.2) is 0 Å². The number of aryl methyl sites for hydroxylation is 1. The van der Waals surface area contributed by atoms with Crippen molar-refractivity contribution in [3.63, 3.8) is 0 Å². The van der Waals surface area contributed by atoms with E-state index in [1.165, 1.54) is 16.9 Å². The summed E-state index contributed by atoms with van der Waals surface area (Å²) in [6.45, 7) is 3.60. The van der Waals surface area contributed by atoms with Gasteiger partial charge in [0.05, 0.1) is 5.69 Å². The molecule has 0 atom stereocenters. The van der Waals surface area contributed by atoms with E-state index in [1.54, 1.807) is 25.1 Å². The van der Waals surface area contributed by atoms with Crippen LogP contribution < -0.4 is 3.82 Å². The van der Waals surface area contributed by atoms with E-state index in [-0.39, 0.29) is 9.69 Å². The Hall–Kier alpha value is -1.35. The topological polar surface area (TPSA) is 72.1 Å². The Labute approximate surface area is 178 Å². The largest absolute Gasteiger partial charge is 0.412 e. The molecule has 0 amide bonds. The number of anilines is 1. The fraction of sp³-hybridized carbons (Fsp3) is 0.263. The van der Waals surface area contributed by atoms with Gasteiger partial charge in [-0.2, -0.15) is 12.2 Å². The van der Waals surface area contributed by atoms with E-state index in [9.17, 15) is 8.42 Å². The number of rotatable bonds is 3. The summed E-state index contributed by atoms with van der Waals surface area (Å²) < 4.78 is 28.4. The first kappa shape index (κ1) is 21.4. The van der Waals surface area contributed by atoms with Crippen LogP contribution in [-0.2, 0) is 23.0 Å². The van der Waals surface area contributed by atoms with Gasteiger partial charge in [-0.15, -0.1) is 11.3 Å². The van der Waals surface area contributed by atoms with Crippen LogP contribution in [0.3, 0.4) is 0 Å². The molecule has 0 aliphatic carbocycles. The minimum atomic E-state index is -3.87. The molecule has 1 aromatic heterocycles. The average molecular weight is 459 g/mol. The third-order valence-electron chi connectivity index (χ3n) is 4.90. The molecule has 2 aromatic carbocycles. The third kappa shape index (κ3) is 3.63. The molecule has 4 rings (SSSR count). The van der Waals surface area contributed by atoms with E-state index >= 15 is 0 Å². The van der Waals surface area contributed by atoms with Crippen molar-refractivity contribution < 1.29 is 13.9 Å². The molecule has 5 nitrogen and oxygen atoms in total. The maximum absolute atomic E-state index is 13.2. The van der Waals surface area contributed by atoms with Crippen LogP contribution in [0.2, 0.25) is 5.02 Å². The van der Waals surface area contributed by atoms with E-state index in [0.29, 0.717) is 16.3 Å². The summed E-state index contributed by atoms with van der Waals surface area (Å²) in [5.41, 5.74) is 3.49. The summed E-state index contributed by atoms with van der Waals surface area (Å²) in [6, 6.07) is 11.0. The molecule has 150 valence electrons. The molecule has 28 heavy (non-hydrogen) atoms. The Morgan fingerprint density at radius 3 is 2.64 bits per heavy atom. The highest BCUT2D eigenvalue weighted by atomic mass is 35.5. The van der Waals surface area contributed by atoms with Gasteiger partial charge in [-0.05, 0) is 72.8 Å². The maximum Gasteiger partial charge on any atom is 0.287 e. The lowest BCUT2D eigenvalue weighted by Gasteiger charge is -2.26. The van der Waals surface area contributed by atoms with Crippen molar-refractivity contribution >= 4 is 60.5 Å². The third-order valence-corrected chi connectivity index (χ3v) is 9.23. The molecular weight excluding hydrogens is 439 g/mol. The standard InChI is InChI=1S/C19H18Cl2N2O2S2.H2O/c1-12-17-10-15(20)4-6-18(17)26-19(12)27(24,25)23(21)16-5-3-14-11-22(2)8-7-13(14)9-16;/h3-6,9-10H,7-8,11H2,1-2H3;1H2. The van der Waals surface area contributed by atoms with E-state index < -0.39 is 10.0 Å². The second-order valence-corrected chi connectivity index (χ2v) is 10.8. The highest BCUT2D eigenvalue weighted by Gasteiger charge is 2.29. The minimum absolute atomic E-state index is 0. The Bertz CT molecular complexity index is 1150. The lowest BCUT2D eigenvalue weighted by atomic mass is 10.00. The molecule has 0 fully saturated rings. The molecule has 9 heteroatoms. The molecule has 0 radical (unpaired) electrons. The van der Waals surface area contributed by atoms with E-state index in [4.69, 9.17) is 23.4 Å². The van der Waals surface area contributed by atoms with Gasteiger partial charge < -0.3 is 10.4 Å². The summed E-state index contributed by atoms with van der Waals surface area (Å²) in [6.07, 6.45) is 0.880. The van der Waals surface area contributed by atoms with Crippen LogP contribution in [0.25, 0.3) is 10.1 Å². The first-order valence-electron chi connectivity index (χ1n) is 8.47. The van der Waals surface area contributed by atoms with Crippen LogP contribution >= 0.6 is 34.7 Å². The quantitative estimate of drug-likeness (QED) is 0.546. The van der Waals surface area contributed by atoms with Crippen molar-refractivity contribution in [2.75, 3.05) is 17.4 Å². The first-order valence-corrected chi connectivity index (χ1v) is 11.4. The van der Waals surface area contributed by atoms with Crippen LogP contribution in [0.15, 0.2) is 40.6 Å². The van der Waals surface area contributed by atoms with Crippen LogP contribution in [-0.4, -0.2) is 32.4 Å². The van der Waals surface area contributed by atoms with Crippen molar-refractivity contribution in [3.8, 4) is 0 Å². The van der Waals surface area contributed by atoms with Crippen LogP contribution in [0.4, 0.5) is 5.69 Å². The lowest BCUT2D eigenvalue weighted by Crippen LogP contribution is -2.27. The van der Waals surface area contributed by atoms with Gasteiger partial charge in [0.2, 0.25) is 0 Å². The molecule has 3 aromatic rings. The smallest absolute Gasteiger partial charge is 0.287 e. The van der Waals surface area contributed by atoms with Crippen molar-refractivity contribution in [2.24, 2.45) is 0 Å². The average Bonchev–Trinajstić information content (AvgIpc) is 2.97. The number of likely N-dealkylation sites (N-methyl/N-ethyl adjacent to an activating group) is 1. The van der Waals surface area contributed by atoms with Crippen LogP contribution in [0.5, 0.6) is 0 Å². The monoisotopic (exact) mass is 458 g/mol. The van der Waals surface area contributed by atoms with Gasteiger partial charge in [-0.1, -0.05) is 17.7 Å². The number of halogens is 2. The summed E-state index contributed by atoms with van der Waals surface area (Å²) in [5.74, 6) is 0. The Balaban J connectivity index is 0.00000225. The number of sulfonamides is 1. The van der Waals surface area contributed by atoms with Gasteiger partial charge in [0.25, 0.3) is 10.0 Å². The van der Waals surface area contributed by atoms with E-state index in [2.05, 4.69) is 11.9 Å². The highest BCUT2D eigenvalue weighted by molar-refractivity contribution is 7.96. The zero-order valence-electron chi connectivity index (χ0n) is 15.4. The first-order chi connectivity index (χ1) is 12.8. The molecule has 0 saturated heterocycles. The molecule has 2 heterocycles. The van der Waals surface area contributed by atoms with Crippen LogP contribution in [0.1, 0.15) is 16.7 Å². The second-order valence-electron chi connectivity index (χ2n) is 6.82. The zero-order valence-corrected chi connectivity index (χ0v) is 18.5. The molecule has 1 aliphatic heterocycles. The maximum atomic E-state index is 13.2. The number of benzene rings is 2.